The minimum atomic E-state index is 0.339. The lowest BCUT2D eigenvalue weighted by molar-refractivity contribution is 0.996. The highest BCUT2D eigenvalue weighted by atomic mass is 15.2. The second-order valence-electron chi connectivity index (χ2n) is 3.03. The first-order valence-electron chi connectivity index (χ1n) is 4.41. The van der Waals surface area contributed by atoms with Gasteiger partial charge in [-0.2, -0.15) is 0 Å². The lowest BCUT2D eigenvalue weighted by atomic mass is 10.3. The largest absolute Gasteiger partial charge is 0.347 e. The van der Waals surface area contributed by atoms with Crippen LogP contribution in [0.2, 0.25) is 0 Å². The standard InChI is InChI=1S/C9H12N6/c1-15(2)9-11-6-8(7-12-9)4-3-5-13-14-10/h3-4,6-7H,5H2,1-2H3. The van der Waals surface area contributed by atoms with E-state index >= 15 is 0 Å². The van der Waals surface area contributed by atoms with Crippen LogP contribution in [0, 0.1) is 0 Å². The molecule has 1 aromatic rings. The second kappa shape index (κ2) is 5.62. The van der Waals surface area contributed by atoms with Crippen LogP contribution in [-0.4, -0.2) is 30.6 Å². The van der Waals surface area contributed by atoms with Crippen molar-refractivity contribution >= 4 is 12.0 Å². The van der Waals surface area contributed by atoms with Crippen molar-refractivity contribution in [2.75, 3.05) is 25.5 Å². The van der Waals surface area contributed by atoms with Gasteiger partial charge < -0.3 is 4.90 Å². The number of hydrogen-bond acceptors (Lipinski definition) is 4. The molecule has 1 heterocycles. The molecule has 0 bridgehead atoms. The maximum Gasteiger partial charge on any atom is 0.224 e. The quantitative estimate of drug-likeness (QED) is 0.426. The van der Waals surface area contributed by atoms with Crippen molar-refractivity contribution < 1.29 is 0 Å². The summed E-state index contributed by atoms with van der Waals surface area (Å²) in [7, 11) is 3.76. The van der Waals surface area contributed by atoms with E-state index in [9.17, 15) is 0 Å². The molecule has 6 heteroatoms. The normalized spacial score (nSPS) is 10.0. The Balaban J connectivity index is 2.64. The molecule has 0 aliphatic carbocycles. The minimum absolute atomic E-state index is 0.339. The molecular weight excluding hydrogens is 192 g/mol. The summed E-state index contributed by atoms with van der Waals surface area (Å²) in [5, 5.41) is 3.38. The van der Waals surface area contributed by atoms with Gasteiger partial charge in [0.05, 0.1) is 0 Å². The number of hydrogen-bond donors (Lipinski definition) is 0. The molecule has 0 aromatic carbocycles. The highest BCUT2D eigenvalue weighted by molar-refractivity contribution is 5.47. The number of azide groups is 1. The fraction of sp³-hybridized carbons (Fsp3) is 0.333. The van der Waals surface area contributed by atoms with Crippen molar-refractivity contribution in [3.8, 4) is 0 Å². The van der Waals surface area contributed by atoms with Crippen molar-refractivity contribution in [3.05, 3.63) is 34.5 Å². The van der Waals surface area contributed by atoms with Crippen molar-refractivity contribution in [1.82, 2.24) is 9.97 Å². The molecule has 0 atom stereocenters. The third-order valence-corrected chi connectivity index (χ3v) is 1.62. The van der Waals surface area contributed by atoms with Gasteiger partial charge in [0.2, 0.25) is 5.95 Å². The molecule has 0 amide bonds. The molecule has 0 saturated heterocycles. The van der Waals surface area contributed by atoms with E-state index in [0.717, 1.165) is 5.56 Å². The van der Waals surface area contributed by atoms with Crippen LogP contribution in [0.3, 0.4) is 0 Å². The predicted molar refractivity (Wildman–Crippen MR) is 59.4 cm³/mol. The molecule has 0 radical (unpaired) electrons. The molecule has 0 aliphatic heterocycles. The first-order chi connectivity index (χ1) is 7.24. The first kappa shape index (κ1) is 11.0. The van der Waals surface area contributed by atoms with Gasteiger partial charge in [0.1, 0.15) is 0 Å². The Morgan fingerprint density at radius 3 is 2.67 bits per heavy atom. The van der Waals surface area contributed by atoms with Gasteiger partial charge in [-0.15, -0.1) is 0 Å². The molecule has 1 rings (SSSR count). The zero-order valence-corrected chi connectivity index (χ0v) is 8.70. The van der Waals surface area contributed by atoms with E-state index in [0.29, 0.717) is 12.5 Å². The van der Waals surface area contributed by atoms with Gasteiger partial charge >= 0.3 is 0 Å². The van der Waals surface area contributed by atoms with Gasteiger partial charge in [0, 0.05) is 43.5 Å². The number of nitrogens with zero attached hydrogens (tertiary/aromatic N) is 6. The Labute approximate surface area is 87.9 Å². The molecule has 78 valence electrons. The maximum atomic E-state index is 8.06. The fourth-order valence-corrected chi connectivity index (χ4v) is 0.921. The summed E-state index contributed by atoms with van der Waals surface area (Å²) >= 11 is 0. The lowest BCUT2D eigenvalue weighted by Gasteiger charge is -2.08. The van der Waals surface area contributed by atoms with Crippen LogP contribution in [-0.2, 0) is 0 Å². The zero-order chi connectivity index (χ0) is 11.1. The Hall–Kier alpha value is -2.07. The summed E-state index contributed by atoms with van der Waals surface area (Å²) in [5.41, 5.74) is 8.94. The monoisotopic (exact) mass is 204 g/mol. The van der Waals surface area contributed by atoms with Crippen molar-refractivity contribution in [2.24, 2.45) is 5.11 Å². The van der Waals surface area contributed by atoms with Gasteiger partial charge in [0.15, 0.2) is 0 Å². The van der Waals surface area contributed by atoms with Crippen LogP contribution in [0.25, 0.3) is 16.5 Å². The van der Waals surface area contributed by atoms with Crippen LogP contribution >= 0.6 is 0 Å². The Bertz CT molecular complexity index is 374. The van der Waals surface area contributed by atoms with E-state index in [2.05, 4.69) is 20.0 Å². The van der Waals surface area contributed by atoms with Crippen LogP contribution in [0.15, 0.2) is 23.6 Å². The van der Waals surface area contributed by atoms with E-state index < -0.39 is 0 Å². The number of aromatic nitrogens is 2. The van der Waals surface area contributed by atoms with Crippen molar-refractivity contribution in [3.63, 3.8) is 0 Å². The van der Waals surface area contributed by atoms with Crippen molar-refractivity contribution in [2.45, 2.75) is 0 Å². The summed E-state index contributed by atoms with van der Waals surface area (Å²) in [4.78, 5) is 12.7. The van der Waals surface area contributed by atoms with E-state index in [1.807, 2.05) is 25.1 Å². The fourth-order valence-electron chi connectivity index (χ4n) is 0.921. The SMILES string of the molecule is CN(C)c1ncc(C=CCN=[N+]=[N-])cn1. The Kier molecular flexibility index (Phi) is 4.12. The molecule has 0 spiro atoms. The molecule has 0 aliphatic rings. The van der Waals surface area contributed by atoms with Gasteiger partial charge in [-0.3, -0.25) is 0 Å². The lowest BCUT2D eigenvalue weighted by Crippen LogP contribution is -2.12. The summed E-state index contributed by atoms with van der Waals surface area (Å²) in [6, 6.07) is 0. The van der Waals surface area contributed by atoms with Gasteiger partial charge in [-0.1, -0.05) is 17.3 Å². The predicted octanol–water partition coefficient (Wildman–Crippen LogP) is 1.87. The third kappa shape index (κ3) is 3.66. The van der Waals surface area contributed by atoms with Crippen LogP contribution in [0.5, 0.6) is 0 Å². The molecule has 6 nitrogen and oxygen atoms in total. The molecule has 0 unspecified atom stereocenters. The van der Waals surface area contributed by atoms with Gasteiger partial charge in [-0.05, 0) is 5.53 Å². The first-order valence-corrected chi connectivity index (χ1v) is 4.41. The second-order valence-corrected chi connectivity index (χ2v) is 3.03. The van der Waals surface area contributed by atoms with Crippen LogP contribution in [0.1, 0.15) is 5.56 Å². The summed E-state index contributed by atoms with van der Waals surface area (Å²) < 4.78 is 0. The molecule has 0 N–H and O–H groups in total. The summed E-state index contributed by atoms with van der Waals surface area (Å²) in [6.07, 6.45) is 7.01. The highest BCUT2D eigenvalue weighted by Crippen LogP contribution is 2.04. The van der Waals surface area contributed by atoms with Crippen LogP contribution in [0.4, 0.5) is 5.95 Å². The zero-order valence-electron chi connectivity index (χ0n) is 8.70. The summed E-state index contributed by atoms with van der Waals surface area (Å²) in [6.45, 7) is 0.339. The average Bonchev–Trinajstić information content (AvgIpc) is 2.25. The molecule has 0 fully saturated rings. The highest BCUT2D eigenvalue weighted by Gasteiger charge is 1.96. The summed E-state index contributed by atoms with van der Waals surface area (Å²) in [5.74, 6) is 0.669. The topological polar surface area (TPSA) is 77.8 Å². The minimum Gasteiger partial charge on any atom is -0.347 e. The van der Waals surface area contributed by atoms with Crippen LogP contribution < -0.4 is 4.90 Å². The van der Waals surface area contributed by atoms with Gasteiger partial charge in [-0.25, -0.2) is 9.97 Å². The third-order valence-electron chi connectivity index (χ3n) is 1.62. The van der Waals surface area contributed by atoms with E-state index in [-0.39, 0.29) is 0 Å². The maximum absolute atomic E-state index is 8.06. The molecule has 1 aromatic heterocycles. The van der Waals surface area contributed by atoms with E-state index in [1.165, 1.54) is 0 Å². The van der Waals surface area contributed by atoms with E-state index in [1.54, 1.807) is 18.5 Å². The Morgan fingerprint density at radius 1 is 1.47 bits per heavy atom. The van der Waals surface area contributed by atoms with E-state index in [4.69, 9.17) is 5.53 Å². The van der Waals surface area contributed by atoms with Gasteiger partial charge in [0.25, 0.3) is 0 Å². The molecular formula is C9H12N6. The Morgan fingerprint density at radius 2 is 2.13 bits per heavy atom. The number of anilines is 1. The van der Waals surface area contributed by atoms with Crippen molar-refractivity contribution in [1.29, 1.82) is 0 Å². The number of rotatable bonds is 4. The average molecular weight is 204 g/mol. The molecule has 0 saturated carbocycles. The molecule has 15 heavy (non-hydrogen) atoms. The smallest absolute Gasteiger partial charge is 0.224 e.